The highest BCUT2D eigenvalue weighted by molar-refractivity contribution is 5.89. The first-order chi connectivity index (χ1) is 19.8. The third-order valence-electron chi connectivity index (χ3n) is 6.84. The number of anilines is 1. The van der Waals surface area contributed by atoms with Crippen LogP contribution >= 0.6 is 0 Å². The minimum absolute atomic E-state index is 0.112. The van der Waals surface area contributed by atoms with Crippen molar-refractivity contribution in [3.05, 3.63) is 95.6 Å². The van der Waals surface area contributed by atoms with Crippen molar-refractivity contribution in [3.63, 3.8) is 0 Å². The maximum Gasteiger partial charge on any atom is 0.321 e. The van der Waals surface area contributed by atoms with Crippen LogP contribution in [0.3, 0.4) is 0 Å². The third-order valence-corrected chi connectivity index (χ3v) is 6.84. The molecule has 2 amide bonds. The number of ether oxygens (including phenoxy) is 1. The third kappa shape index (κ3) is 10.9. The van der Waals surface area contributed by atoms with E-state index < -0.39 is 0 Å². The molecule has 1 unspecified atom stereocenters. The Morgan fingerprint density at radius 2 is 1.41 bits per heavy atom. The number of nitrogens with two attached hydrogens (primary N) is 1. The van der Waals surface area contributed by atoms with Crippen LogP contribution in [0.4, 0.5) is 10.5 Å². The number of rotatable bonds is 13. The van der Waals surface area contributed by atoms with Gasteiger partial charge in [0.2, 0.25) is 0 Å². The number of carbonyl (C=O) groups excluding carboxylic acids is 1. The van der Waals surface area contributed by atoms with Crippen LogP contribution in [0.15, 0.2) is 78.9 Å². The average molecular weight is 556 g/mol. The lowest BCUT2D eigenvalue weighted by molar-refractivity contribution is 0.180. The van der Waals surface area contributed by atoms with E-state index in [-0.39, 0.29) is 17.9 Å². The summed E-state index contributed by atoms with van der Waals surface area (Å²) in [6.07, 6.45) is 0.845. The predicted octanol–water partition coefficient (Wildman–Crippen LogP) is 4.80. The maximum atomic E-state index is 13.7. The van der Waals surface area contributed by atoms with Gasteiger partial charge in [-0.2, -0.15) is 0 Å². The lowest BCUT2D eigenvalue weighted by atomic mass is 9.95. The van der Waals surface area contributed by atoms with Crippen LogP contribution in [0, 0.1) is 17.8 Å². The molecule has 3 aromatic carbocycles. The van der Waals surface area contributed by atoms with Crippen molar-refractivity contribution >= 4 is 11.7 Å². The summed E-state index contributed by atoms with van der Waals surface area (Å²) >= 11 is 0. The summed E-state index contributed by atoms with van der Waals surface area (Å²) in [4.78, 5) is 20.0. The molecule has 3 rings (SSSR count). The second-order valence-corrected chi connectivity index (χ2v) is 11.0. The Bertz CT molecular complexity index is 1250. The van der Waals surface area contributed by atoms with Gasteiger partial charge in [0.25, 0.3) is 0 Å². The van der Waals surface area contributed by atoms with Gasteiger partial charge in [-0.25, -0.2) is 4.79 Å². The Labute approximate surface area is 246 Å². The number of nitrogens with one attached hydrogen (secondary N) is 1. The number of hydrogen-bond acceptors (Lipinski definition) is 5. The van der Waals surface area contributed by atoms with E-state index in [1.807, 2.05) is 59.5 Å². The van der Waals surface area contributed by atoms with Gasteiger partial charge in [-0.1, -0.05) is 42.2 Å². The molecule has 0 bridgehead atoms. The summed E-state index contributed by atoms with van der Waals surface area (Å²) in [7, 11) is 9.88. The highest BCUT2D eigenvalue weighted by atomic mass is 16.5. The fourth-order valence-electron chi connectivity index (χ4n) is 4.90. The van der Waals surface area contributed by atoms with Crippen molar-refractivity contribution in [1.82, 2.24) is 14.7 Å². The van der Waals surface area contributed by atoms with Gasteiger partial charge >= 0.3 is 6.03 Å². The van der Waals surface area contributed by atoms with Crippen LogP contribution in [0.5, 0.6) is 5.75 Å². The van der Waals surface area contributed by atoms with Gasteiger partial charge < -0.3 is 30.5 Å². The standard InChI is InChI=1S/C34H45N5O2/c1-37(2)23-29(21-22-35)24-39(34(40)36-32-17-19-33(41-5)20-18-32)26-31(25-38(3)4)30-15-13-28(14-16-30)12-11-27-9-7-6-8-10-27/h6-10,13-20,29,31H,21-26,35H2,1-5H3,(H,36,40)/t29?,31-/m0/s1. The molecule has 0 saturated heterocycles. The number of amides is 2. The smallest absolute Gasteiger partial charge is 0.321 e. The Hall–Kier alpha value is -3.83. The van der Waals surface area contributed by atoms with E-state index in [2.05, 4.69) is 79.4 Å². The molecule has 7 nitrogen and oxygen atoms in total. The first-order valence-corrected chi connectivity index (χ1v) is 14.1. The summed E-state index contributed by atoms with van der Waals surface area (Å²) in [6.45, 7) is 3.43. The summed E-state index contributed by atoms with van der Waals surface area (Å²) < 4.78 is 5.27. The zero-order chi connectivity index (χ0) is 29.6. The Kier molecular flexibility index (Phi) is 12.7. The summed E-state index contributed by atoms with van der Waals surface area (Å²) in [5.74, 6) is 7.60. The number of urea groups is 1. The van der Waals surface area contributed by atoms with Crippen molar-refractivity contribution in [1.29, 1.82) is 0 Å². The van der Waals surface area contributed by atoms with Crippen molar-refractivity contribution in [2.75, 3.05) is 73.3 Å². The van der Waals surface area contributed by atoms with Crippen LogP contribution < -0.4 is 15.8 Å². The largest absolute Gasteiger partial charge is 0.497 e. The molecule has 0 radical (unpaired) electrons. The van der Waals surface area contributed by atoms with Crippen molar-refractivity contribution < 1.29 is 9.53 Å². The van der Waals surface area contributed by atoms with Crippen LogP contribution in [-0.4, -0.2) is 88.8 Å². The molecule has 0 spiro atoms. The molecule has 0 aliphatic carbocycles. The molecule has 41 heavy (non-hydrogen) atoms. The highest BCUT2D eigenvalue weighted by Crippen LogP contribution is 2.22. The van der Waals surface area contributed by atoms with Gasteiger partial charge in [0.05, 0.1) is 7.11 Å². The van der Waals surface area contributed by atoms with Crippen molar-refractivity contribution in [2.45, 2.75) is 12.3 Å². The van der Waals surface area contributed by atoms with E-state index in [0.717, 1.165) is 42.1 Å². The van der Waals surface area contributed by atoms with Crippen molar-refractivity contribution in [3.8, 4) is 17.6 Å². The Balaban J connectivity index is 1.85. The number of benzene rings is 3. The lowest BCUT2D eigenvalue weighted by Gasteiger charge is -2.33. The maximum absolute atomic E-state index is 13.7. The number of nitrogens with zero attached hydrogens (tertiary/aromatic N) is 3. The molecule has 3 N–H and O–H groups in total. The van der Waals surface area contributed by atoms with E-state index in [4.69, 9.17) is 10.5 Å². The van der Waals surface area contributed by atoms with Crippen molar-refractivity contribution in [2.24, 2.45) is 11.7 Å². The van der Waals surface area contributed by atoms with Crippen LogP contribution in [0.25, 0.3) is 0 Å². The minimum atomic E-state index is -0.120. The van der Waals surface area contributed by atoms with E-state index >= 15 is 0 Å². The Morgan fingerprint density at radius 3 is 1.98 bits per heavy atom. The monoisotopic (exact) mass is 555 g/mol. The SMILES string of the molecule is COc1ccc(NC(=O)N(CC(CCN)CN(C)C)C[C@H](CN(C)C)c2ccc(C#Cc3ccccc3)cc2)cc1. The van der Waals surface area contributed by atoms with Crippen LogP contribution in [-0.2, 0) is 0 Å². The minimum Gasteiger partial charge on any atom is -0.497 e. The second kappa shape index (κ2) is 16.4. The molecule has 218 valence electrons. The molecule has 0 aromatic heterocycles. The van der Waals surface area contributed by atoms with Gasteiger partial charge in [0.1, 0.15) is 5.75 Å². The molecule has 0 heterocycles. The van der Waals surface area contributed by atoms with E-state index in [1.165, 1.54) is 5.56 Å². The van der Waals surface area contributed by atoms with E-state index in [1.54, 1.807) is 7.11 Å². The second-order valence-electron chi connectivity index (χ2n) is 11.0. The summed E-state index contributed by atoms with van der Waals surface area (Å²) in [5.41, 5.74) is 9.83. The first kappa shape index (κ1) is 31.7. The molecular formula is C34H45N5O2. The fourth-order valence-corrected chi connectivity index (χ4v) is 4.90. The molecule has 0 saturated carbocycles. The van der Waals surface area contributed by atoms with E-state index in [0.29, 0.717) is 19.6 Å². The number of hydrogen-bond donors (Lipinski definition) is 2. The molecule has 0 aliphatic heterocycles. The van der Waals surface area contributed by atoms with Gasteiger partial charge in [-0.15, -0.1) is 0 Å². The van der Waals surface area contributed by atoms with E-state index in [9.17, 15) is 4.79 Å². The van der Waals surface area contributed by atoms with Crippen LogP contribution in [0.1, 0.15) is 29.0 Å². The molecule has 7 heteroatoms. The summed E-state index contributed by atoms with van der Waals surface area (Å²) in [5, 5.41) is 3.10. The number of carbonyl (C=O) groups is 1. The molecule has 2 atom stereocenters. The molecule has 0 aliphatic rings. The van der Waals surface area contributed by atoms with Crippen LogP contribution in [0.2, 0.25) is 0 Å². The summed E-state index contributed by atoms with van der Waals surface area (Å²) in [6, 6.07) is 25.7. The lowest BCUT2D eigenvalue weighted by Crippen LogP contribution is -2.44. The highest BCUT2D eigenvalue weighted by Gasteiger charge is 2.24. The van der Waals surface area contributed by atoms with Gasteiger partial charge in [-0.3, -0.25) is 0 Å². The molecule has 3 aromatic rings. The average Bonchev–Trinajstić information content (AvgIpc) is 2.96. The van der Waals surface area contributed by atoms with Gasteiger partial charge in [0.15, 0.2) is 0 Å². The fraction of sp³-hybridized carbons (Fsp3) is 0.382. The number of methoxy groups -OCH3 is 1. The topological polar surface area (TPSA) is 74.1 Å². The Morgan fingerprint density at radius 1 is 0.805 bits per heavy atom. The number of likely N-dealkylation sites (N-methyl/N-ethyl adjacent to an activating group) is 1. The quantitative estimate of drug-likeness (QED) is 0.297. The molecule has 0 fully saturated rings. The zero-order valence-electron chi connectivity index (χ0n) is 25.1. The van der Waals surface area contributed by atoms with Gasteiger partial charge in [0, 0.05) is 48.9 Å². The predicted molar refractivity (Wildman–Crippen MR) is 169 cm³/mol. The first-order valence-electron chi connectivity index (χ1n) is 14.1. The zero-order valence-corrected chi connectivity index (χ0v) is 25.1. The molecular weight excluding hydrogens is 510 g/mol. The normalized spacial score (nSPS) is 12.4. The van der Waals surface area contributed by atoms with Gasteiger partial charge in [-0.05, 0) is 101 Å².